The highest BCUT2D eigenvalue weighted by Crippen LogP contribution is 2.22. The lowest BCUT2D eigenvalue weighted by atomic mass is 10.2. The van der Waals surface area contributed by atoms with Gasteiger partial charge in [0.05, 0.1) is 6.61 Å². The molecule has 2 heteroatoms. The van der Waals surface area contributed by atoms with Gasteiger partial charge in [0.1, 0.15) is 5.75 Å². The van der Waals surface area contributed by atoms with Crippen LogP contribution in [-0.2, 0) is 6.42 Å². The van der Waals surface area contributed by atoms with Crippen LogP contribution in [0.3, 0.4) is 0 Å². The molecule has 0 atom stereocenters. The Morgan fingerprint density at radius 1 is 1.06 bits per heavy atom. The SMILES string of the molecule is Cc1cc(Br)ccc1OCCc1ccccc1. The monoisotopic (exact) mass is 290 g/mol. The van der Waals surface area contributed by atoms with Crippen LogP contribution in [0.15, 0.2) is 53.0 Å². The zero-order valence-corrected chi connectivity index (χ0v) is 11.4. The molecule has 2 aromatic rings. The fourth-order valence-corrected chi connectivity index (χ4v) is 2.17. The lowest BCUT2D eigenvalue weighted by Gasteiger charge is -2.09. The molecule has 0 N–H and O–H groups in total. The minimum atomic E-state index is 0.715. The lowest BCUT2D eigenvalue weighted by molar-refractivity contribution is 0.320. The van der Waals surface area contributed by atoms with Crippen LogP contribution in [0.25, 0.3) is 0 Å². The van der Waals surface area contributed by atoms with Gasteiger partial charge >= 0.3 is 0 Å². The summed E-state index contributed by atoms with van der Waals surface area (Å²) in [5.74, 6) is 0.962. The third-order valence-corrected chi connectivity index (χ3v) is 3.12. The quantitative estimate of drug-likeness (QED) is 0.812. The predicted octanol–water partition coefficient (Wildman–Crippen LogP) is 4.38. The van der Waals surface area contributed by atoms with Crippen LogP contribution in [0.2, 0.25) is 0 Å². The summed E-state index contributed by atoms with van der Waals surface area (Å²) in [4.78, 5) is 0. The summed E-state index contributed by atoms with van der Waals surface area (Å²) in [6.45, 7) is 2.77. The van der Waals surface area contributed by atoms with E-state index in [1.165, 1.54) is 5.56 Å². The molecule has 1 nitrogen and oxygen atoms in total. The van der Waals surface area contributed by atoms with Crippen molar-refractivity contribution in [3.05, 3.63) is 64.1 Å². The van der Waals surface area contributed by atoms with Crippen molar-refractivity contribution < 1.29 is 4.74 Å². The number of benzene rings is 2. The van der Waals surface area contributed by atoms with Gasteiger partial charge < -0.3 is 4.74 Å². The molecule has 0 saturated heterocycles. The molecule has 0 aliphatic carbocycles. The summed E-state index contributed by atoms with van der Waals surface area (Å²) in [7, 11) is 0. The molecule has 0 bridgehead atoms. The average molecular weight is 291 g/mol. The molecule has 0 aromatic heterocycles. The zero-order chi connectivity index (χ0) is 12.1. The van der Waals surface area contributed by atoms with E-state index < -0.39 is 0 Å². The second kappa shape index (κ2) is 5.87. The van der Waals surface area contributed by atoms with E-state index in [4.69, 9.17) is 4.74 Å². The van der Waals surface area contributed by atoms with Gasteiger partial charge in [0, 0.05) is 10.9 Å². The first-order valence-electron chi connectivity index (χ1n) is 5.68. The summed E-state index contributed by atoms with van der Waals surface area (Å²) in [5.41, 5.74) is 2.47. The molecule has 0 saturated carbocycles. The summed E-state index contributed by atoms with van der Waals surface area (Å²) < 4.78 is 6.86. The standard InChI is InChI=1S/C15H15BrO/c1-12-11-14(16)7-8-15(12)17-10-9-13-5-3-2-4-6-13/h2-8,11H,9-10H2,1H3. The van der Waals surface area contributed by atoms with Gasteiger partial charge in [0.15, 0.2) is 0 Å². The number of ether oxygens (including phenoxy) is 1. The first-order valence-corrected chi connectivity index (χ1v) is 6.48. The van der Waals surface area contributed by atoms with E-state index in [1.807, 2.05) is 18.2 Å². The highest BCUT2D eigenvalue weighted by atomic mass is 79.9. The van der Waals surface area contributed by atoms with Crippen LogP contribution in [0.4, 0.5) is 0 Å². The van der Waals surface area contributed by atoms with Gasteiger partial charge in [-0.25, -0.2) is 0 Å². The highest BCUT2D eigenvalue weighted by Gasteiger charge is 2.00. The van der Waals surface area contributed by atoms with Crippen molar-refractivity contribution in [3.63, 3.8) is 0 Å². The highest BCUT2D eigenvalue weighted by molar-refractivity contribution is 9.10. The van der Waals surface area contributed by atoms with Gasteiger partial charge in [0.2, 0.25) is 0 Å². The molecule has 2 aromatic carbocycles. The van der Waals surface area contributed by atoms with Gasteiger partial charge in [0.25, 0.3) is 0 Å². The Kier molecular flexibility index (Phi) is 4.21. The van der Waals surface area contributed by atoms with E-state index in [1.54, 1.807) is 0 Å². The van der Waals surface area contributed by atoms with Crippen LogP contribution < -0.4 is 4.74 Å². The fraction of sp³-hybridized carbons (Fsp3) is 0.200. The van der Waals surface area contributed by atoms with E-state index in [0.29, 0.717) is 6.61 Å². The second-order valence-electron chi connectivity index (χ2n) is 3.99. The van der Waals surface area contributed by atoms with Crippen molar-refractivity contribution >= 4 is 15.9 Å². The molecule has 17 heavy (non-hydrogen) atoms. The van der Waals surface area contributed by atoms with Gasteiger partial charge in [-0.3, -0.25) is 0 Å². The van der Waals surface area contributed by atoms with E-state index >= 15 is 0 Å². The van der Waals surface area contributed by atoms with Crippen molar-refractivity contribution in [1.82, 2.24) is 0 Å². The third-order valence-electron chi connectivity index (χ3n) is 2.63. The maximum Gasteiger partial charge on any atom is 0.122 e. The molecule has 0 aliphatic heterocycles. The normalized spacial score (nSPS) is 10.2. The molecule has 0 amide bonds. The third kappa shape index (κ3) is 3.60. The summed E-state index contributed by atoms with van der Waals surface area (Å²) in [6.07, 6.45) is 0.941. The largest absolute Gasteiger partial charge is 0.493 e. The molecule has 0 fully saturated rings. The average Bonchev–Trinajstić information content (AvgIpc) is 2.33. The molecule has 0 spiro atoms. The Morgan fingerprint density at radius 2 is 1.82 bits per heavy atom. The zero-order valence-electron chi connectivity index (χ0n) is 9.82. The number of hydrogen-bond acceptors (Lipinski definition) is 1. The molecule has 88 valence electrons. The minimum absolute atomic E-state index is 0.715. The Morgan fingerprint density at radius 3 is 2.53 bits per heavy atom. The number of aryl methyl sites for hydroxylation is 1. The molecule has 0 aliphatic rings. The number of halogens is 1. The van der Waals surface area contributed by atoms with Crippen molar-refractivity contribution in [2.45, 2.75) is 13.3 Å². The molecular weight excluding hydrogens is 276 g/mol. The van der Waals surface area contributed by atoms with E-state index in [-0.39, 0.29) is 0 Å². The molecule has 0 unspecified atom stereocenters. The maximum atomic E-state index is 5.77. The Labute approximate surface area is 111 Å². The van der Waals surface area contributed by atoms with Crippen LogP contribution in [0.1, 0.15) is 11.1 Å². The fourth-order valence-electron chi connectivity index (χ4n) is 1.70. The molecular formula is C15H15BrO. The van der Waals surface area contributed by atoms with E-state index in [9.17, 15) is 0 Å². The maximum absolute atomic E-state index is 5.77. The molecule has 0 heterocycles. The van der Waals surface area contributed by atoms with Crippen LogP contribution in [0.5, 0.6) is 5.75 Å². The van der Waals surface area contributed by atoms with Crippen LogP contribution >= 0.6 is 15.9 Å². The Hall–Kier alpha value is -1.28. The predicted molar refractivity (Wildman–Crippen MR) is 74.5 cm³/mol. The van der Waals surface area contributed by atoms with Crippen molar-refractivity contribution in [3.8, 4) is 5.75 Å². The first-order chi connectivity index (χ1) is 8.25. The van der Waals surface area contributed by atoms with Crippen LogP contribution in [-0.4, -0.2) is 6.61 Å². The van der Waals surface area contributed by atoms with Gasteiger partial charge in [-0.1, -0.05) is 46.3 Å². The summed E-state index contributed by atoms with van der Waals surface area (Å²) in [5, 5.41) is 0. The Balaban J connectivity index is 1.90. The smallest absolute Gasteiger partial charge is 0.122 e. The van der Waals surface area contributed by atoms with E-state index in [2.05, 4.69) is 53.2 Å². The number of hydrogen-bond donors (Lipinski definition) is 0. The van der Waals surface area contributed by atoms with E-state index in [0.717, 1.165) is 22.2 Å². The number of rotatable bonds is 4. The van der Waals surface area contributed by atoms with Crippen molar-refractivity contribution in [1.29, 1.82) is 0 Å². The van der Waals surface area contributed by atoms with Gasteiger partial charge in [-0.15, -0.1) is 0 Å². The van der Waals surface area contributed by atoms with Crippen molar-refractivity contribution in [2.24, 2.45) is 0 Å². The van der Waals surface area contributed by atoms with Gasteiger partial charge in [-0.2, -0.15) is 0 Å². The van der Waals surface area contributed by atoms with Gasteiger partial charge in [-0.05, 0) is 36.2 Å². The van der Waals surface area contributed by atoms with Crippen molar-refractivity contribution in [2.75, 3.05) is 6.61 Å². The second-order valence-corrected chi connectivity index (χ2v) is 4.91. The summed E-state index contributed by atoms with van der Waals surface area (Å²) >= 11 is 3.45. The van der Waals surface area contributed by atoms with Crippen LogP contribution in [0, 0.1) is 6.92 Å². The minimum Gasteiger partial charge on any atom is -0.493 e. The molecule has 0 radical (unpaired) electrons. The summed E-state index contributed by atoms with van der Waals surface area (Å²) in [6, 6.07) is 16.5. The first kappa shape index (κ1) is 12.2. The molecule has 2 rings (SSSR count). The lowest BCUT2D eigenvalue weighted by Crippen LogP contribution is -2.02. The Bertz CT molecular complexity index is 480. The topological polar surface area (TPSA) is 9.23 Å².